The molecule has 0 aliphatic heterocycles. The lowest BCUT2D eigenvalue weighted by Gasteiger charge is -2.04. The molecule has 5 nitrogen and oxygen atoms in total. The molecule has 2 N–H and O–H groups in total. The fourth-order valence-electron chi connectivity index (χ4n) is 1.23. The Labute approximate surface area is 96.1 Å². The molecule has 0 heterocycles. The van der Waals surface area contributed by atoms with E-state index in [1.54, 1.807) is 0 Å². The molecule has 0 aliphatic rings. The summed E-state index contributed by atoms with van der Waals surface area (Å²) in [5, 5.41) is 10.5. The molecule has 0 aliphatic carbocycles. The van der Waals surface area contributed by atoms with Crippen molar-refractivity contribution in [2.45, 2.75) is 13.3 Å². The van der Waals surface area contributed by atoms with Crippen LogP contribution in [-0.4, -0.2) is 17.3 Å². The number of amidine groups is 1. The van der Waals surface area contributed by atoms with Crippen molar-refractivity contribution < 1.29 is 13.7 Å². The molecule has 0 radical (unpaired) electrons. The van der Waals surface area contributed by atoms with Gasteiger partial charge in [0, 0.05) is 12.6 Å². The largest absolute Gasteiger partial charge is 0.383 e. The summed E-state index contributed by atoms with van der Waals surface area (Å²) in [7, 11) is 0. The van der Waals surface area contributed by atoms with E-state index in [0.717, 1.165) is 12.1 Å². The molecule has 0 atom stereocenters. The van der Waals surface area contributed by atoms with Gasteiger partial charge in [0.05, 0.1) is 10.5 Å². The standard InChI is InChI=1S/C10H11F2N3O2/c1-2-5-14-10(13)8-6(11)3-4-7(9(8)12)15(16)17/h3-4H,2,5H2,1H3,(H2,13,14). The Hall–Kier alpha value is -2.05. The van der Waals surface area contributed by atoms with Crippen LogP contribution in [0.1, 0.15) is 18.9 Å². The van der Waals surface area contributed by atoms with Crippen LogP contribution in [0.2, 0.25) is 0 Å². The second-order valence-electron chi connectivity index (χ2n) is 3.28. The molecule has 0 fully saturated rings. The lowest BCUT2D eigenvalue weighted by atomic mass is 10.1. The fourth-order valence-corrected chi connectivity index (χ4v) is 1.23. The average Bonchev–Trinajstić information content (AvgIpc) is 2.25. The molecule has 1 aromatic carbocycles. The van der Waals surface area contributed by atoms with Gasteiger partial charge in [0.1, 0.15) is 11.7 Å². The molecule has 0 saturated carbocycles. The van der Waals surface area contributed by atoms with E-state index in [-0.39, 0.29) is 5.84 Å². The van der Waals surface area contributed by atoms with Crippen molar-refractivity contribution in [2.24, 2.45) is 10.7 Å². The van der Waals surface area contributed by atoms with Crippen molar-refractivity contribution >= 4 is 11.5 Å². The number of nitro benzene ring substituents is 1. The fraction of sp³-hybridized carbons (Fsp3) is 0.300. The van der Waals surface area contributed by atoms with Crippen LogP contribution in [-0.2, 0) is 0 Å². The predicted octanol–water partition coefficient (Wildman–Crippen LogP) is 1.99. The van der Waals surface area contributed by atoms with Crippen LogP contribution >= 0.6 is 0 Å². The van der Waals surface area contributed by atoms with E-state index in [1.165, 1.54) is 0 Å². The van der Waals surface area contributed by atoms with Crippen LogP contribution < -0.4 is 5.73 Å². The van der Waals surface area contributed by atoms with E-state index in [2.05, 4.69) is 4.99 Å². The summed E-state index contributed by atoms with van der Waals surface area (Å²) in [5.41, 5.74) is 3.93. The predicted molar refractivity (Wildman–Crippen MR) is 58.9 cm³/mol. The highest BCUT2D eigenvalue weighted by molar-refractivity contribution is 5.98. The van der Waals surface area contributed by atoms with Gasteiger partial charge in [-0.05, 0) is 12.5 Å². The van der Waals surface area contributed by atoms with Gasteiger partial charge in [-0.25, -0.2) is 4.39 Å². The van der Waals surface area contributed by atoms with Gasteiger partial charge in [-0.15, -0.1) is 0 Å². The van der Waals surface area contributed by atoms with Gasteiger partial charge >= 0.3 is 5.69 Å². The van der Waals surface area contributed by atoms with Gasteiger partial charge in [0.2, 0.25) is 5.82 Å². The van der Waals surface area contributed by atoms with Crippen LogP contribution in [0.4, 0.5) is 14.5 Å². The number of benzene rings is 1. The summed E-state index contributed by atoms with van der Waals surface area (Å²) in [6.45, 7) is 2.12. The topological polar surface area (TPSA) is 81.5 Å². The van der Waals surface area contributed by atoms with Gasteiger partial charge in [0.25, 0.3) is 0 Å². The average molecular weight is 243 g/mol. The molecular weight excluding hydrogens is 232 g/mol. The Balaban J connectivity index is 3.32. The first-order valence-corrected chi connectivity index (χ1v) is 4.91. The van der Waals surface area contributed by atoms with Crippen LogP contribution in [0.3, 0.4) is 0 Å². The summed E-state index contributed by atoms with van der Waals surface area (Å²) < 4.78 is 27.0. The molecule has 0 amide bonds. The zero-order valence-corrected chi connectivity index (χ0v) is 9.11. The number of hydrogen-bond donors (Lipinski definition) is 1. The lowest BCUT2D eigenvalue weighted by Crippen LogP contribution is -2.18. The highest BCUT2D eigenvalue weighted by Gasteiger charge is 2.23. The van der Waals surface area contributed by atoms with Crippen LogP contribution in [0.25, 0.3) is 0 Å². The Bertz CT molecular complexity index is 475. The van der Waals surface area contributed by atoms with Gasteiger partial charge in [-0.2, -0.15) is 4.39 Å². The summed E-state index contributed by atoms with van der Waals surface area (Å²) in [6.07, 6.45) is 0.652. The minimum absolute atomic E-state index is 0.299. The molecule has 92 valence electrons. The second kappa shape index (κ2) is 5.33. The zero-order chi connectivity index (χ0) is 13.0. The van der Waals surface area contributed by atoms with Crippen LogP contribution in [0.5, 0.6) is 0 Å². The van der Waals surface area contributed by atoms with Crippen molar-refractivity contribution in [3.05, 3.63) is 39.4 Å². The zero-order valence-electron chi connectivity index (χ0n) is 9.11. The third-order valence-electron chi connectivity index (χ3n) is 2.03. The summed E-state index contributed by atoms with van der Waals surface area (Å²) >= 11 is 0. The Kier molecular flexibility index (Phi) is 4.08. The van der Waals surface area contributed by atoms with Crippen molar-refractivity contribution in [2.75, 3.05) is 6.54 Å². The van der Waals surface area contributed by atoms with Crippen molar-refractivity contribution in [3.8, 4) is 0 Å². The minimum Gasteiger partial charge on any atom is -0.383 e. The first-order valence-electron chi connectivity index (χ1n) is 4.91. The third-order valence-corrected chi connectivity index (χ3v) is 2.03. The molecule has 17 heavy (non-hydrogen) atoms. The number of hydrogen-bond acceptors (Lipinski definition) is 3. The molecule has 0 bridgehead atoms. The molecular formula is C10H11F2N3O2. The molecule has 0 unspecified atom stereocenters. The number of nitrogens with zero attached hydrogens (tertiary/aromatic N) is 2. The van der Waals surface area contributed by atoms with E-state index in [4.69, 9.17) is 5.73 Å². The number of aliphatic imine (C=N–C) groups is 1. The van der Waals surface area contributed by atoms with Crippen molar-refractivity contribution in [3.63, 3.8) is 0 Å². The van der Waals surface area contributed by atoms with Gasteiger partial charge in [0.15, 0.2) is 0 Å². The highest BCUT2D eigenvalue weighted by atomic mass is 19.1. The maximum Gasteiger partial charge on any atom is 0.305 e. The van der Waals surface area contributed by atoms with Crippen molar-refractivity contribution in [1.29, 1.82) is 0 Å². The van der Waals surface area contributed by atoms with Crippen molar-refractivity contribution in [1.82, 2.24) is 0 Å². The van der Waals surface area contributed by atoms with E-state index < -0.39 is 27.8 Å². The maximum absolute atomic E-state index is 13.6. The smallest absolute Gasteiger partial charge is 0.305 e. The number of nitro groups is 1. The molecule has 1 aromatic rings. The van der Waals surface area contributed by atoms with Crippen LogP contribution in [0, 0.1) is 21.7 Å². The van der Waals surface area contributed by atoms with E-state index >= 15 is 0 Å². The maximum atomic E-state index is 13.6. The third kappa shape index (κ3) is 2.74. The summed E-state index contributed by atoms with van der Waals surface area (Å²) in [4.78, 5) is 13.3. The minimum atomic E-state index is -1.30. The number of nitrogens with two attached hydrogens (primary N) is 1. The molecule has 1 rings (SSSR count). The second-order valence-corrected chi connectivity index (χ2v) is 3.28. The number of rotatable bonds is 4. The monoisotopic (exact) mass is 243 g/mol. The van der Waals surface area contributed by atoms with E-state index in [9.17, 15) is 18.9 Å². The van der Waals surface area contributed by atoms with Gasteiger partial charge in [-0.1, -0.05) is 6.92 Å². The Morgan fingerprint density at radius 2 is 2.18 bits per heavy atom. The Morgan fingerprint density at radius 3 is 2.71 bits per heavy atom. The molecule has 0 aromatic heterocycles. The molecule has 0 saturated heterocycles. The Morgan fingerprint density at radius 1 is 1.53 bits per heavy atom. The quantitative estimate of drug-likeness (QED) is 0.380. The normalized spacial score (nSPS) is 11.6. The first kappa shape index (κ1) is 13.0. The molecule has 0 spiro atoms. The lowest BCUT2D eigenvalue weighted by molar-refractivity contribution is -0.387. The number of halogens is 2. The SMILES string of the molecule is CCCN=C(N)c1c(F)ccc([N+](=O)[O-])c1F. The van der Waals surface area contributed by atoms with Crippen LogP contribution in [0.15, 0.2) is 17.1 Å². The summed E-state index contributed by atoms with van der Waals surface area (Å²) in [5.74, 6) is -2.64. The summed E-state index contributed by atoms with van der Waals surface area (Å²) in [6, 6.07) is 1.55. The van der Waals surface area contributed by atoms with E-state index in [0.29, 0.717) is 13.0 Å². The first-order chi connectivity index (χ1) is 7.99. The van der Waals surface area contributed by atoms with Gasteiger partial charge in [-0.3, -0.25) is 15.1 Å². The van der Waals surface area contributed by atoms with E-state index in [1.807, 2.05) is 6.92 Å². The van der Waals surface area contributed by atoms with Gasteiger partial charge < -0.3 is 5.73 Å². The molecule has 7 heteroatoms. The highest BCUT2D eigenvalue weighted by Crippen LogP contribution is 2.22.